The number of nitrogens with one attached hydrogen (secondary N) is 1. The van der Waals surface area contributed by atoms with Crippen molar-refractivity contribution in [3.63, 3.8) is 0 Å². The third-order valence-electron chi connectivity index (χ3n) is 3.99. The van der Waals surface area contributed by atoms with Gasteiger partial charge in [0.05, 0.1) is 12.2 Å². The van der Waals surface area contributed by atoms with Crippen LogP contribution in [0.2, 0.25) is 0 Å². The molecule has 2 aliphatic heterocycles. The Balaban J connectivity index is 1.71. The van der Waals surface area contributed by atoms with Gasteiger partial charge in [-0.15, -0.1) is 0 Å². The van der Waals surface area contributed by atoms with Crippen molar-refractivity contribution in [3.05, 3.63) is 35.4 Å². The zero-order valence-corrected chi connectivity index (χ0v) is 10.3. The molecule has 0 spiro atoms. The second-order valence-electron chi connectivity index (χ2n) is 5.27. The highest BCUT2D eigenvalue weighted by atomic mass is 19.1. The minimum Gasteiger partial charge on any atom is -0.373 e. The Bertz CT molecular complexity index is 451. The van der Waals surface area contributed by atoms with E-state index in [0.717, 1.165) is 25.3 Å². The van der Waals surface area contributed by atoms with Crippen LogP contribution >= 0.6 is 0 Å². The Hall–Kier alpha value is -1.00. The fraction of sp³-hybridized carbons (Fsp3) is 0.571. The molecular weight excluding hydrogens is 236 g/mol. The van der Waals surface area contributed by atoms with Crippen molar-refractivity contribution in [1.29, 1.82) is 0 Å². The van der Waals surface area contributed by atoms with Crippen LogP contribution < -0.4 is 5.32 Å². The monoisotopic (exact) mass is 253 g/mol. The van der Waals surface area contributed by atoms with E-state index in [0.29, 0.717) is 11.7 Å². The lowest BCUT2D eigenvalue weighted by Gasteiger charge is -2.25. The average Bonchev–Trinajstić information content (AvgIpc) is 2.94. The van der Waals surface area contributed by atoms with Crippen LogP contribution in [0.5, 0.6) is 0 Å². The van der Waals surface area contributed by atoms with Crippen LogP contribution in [-0.4, -0.2) is 18.2 Å². The predicted octanol–water partition coefficient (Wildman–Crippen LogP) is 2.94. The normalized spacial score (nSPS) is 31.8. The van der Waals surface area contributed by atoms with Gasteiger partial charge in [-0.2, -0.15) is 0 Å². The summed E-state index contributed by atoms with van der Waals surface area (Å²) in [7, 11) is 0. The van der Waals surface area contributed by atoms with Gasteiger partial charge in [-0.3, -0.25) is 0 Å². The van der Waals surface area contributed by atoms with Crippen molar-refractivity contribution in [2.45, 2.75) is 50.5 Å². The van der Waals surface area contributed by atoms with Gasteiger partial charge >= 0.3 is 0 Å². The van der Waals surface area contributed by atoms with Crippen molar-refractivity contribution in [3.8, 4) is 0 Å². The van der Waals surface area contributed by atoms with E-state index >= 15 is 0 Å². The molecule has 0 aliphatic carbocycles. The van der Waals surface area contributed by atoms with Crippen LogP contribution in [0.15, 0.2) is 18.2 Å². The first-order valence-electron chi connectivity index (χ1n) is 6.50. The van der Waals surface area contributed by atoms with E-state index in [1.807, 2.05) is 6.92 Å². The number of halogens is 2. The Morgan fingerprint density at radius 2 is 2.17 bits per heavy atom. The Kier molecular flexibility index (Phi) is 3.08. The number of fused-ring (bicyclic) bond motifs is 2. The predicted molar refractivity (Wildman–Crippen MR) is 64.2 cm³/mol. The number of benzene rings is 1. The number of hydrogen-bond acceptors (Lipinski definition) is 2. The number of rotatable bonds is 3. The molecule has 0 saturated carbocycles. The highest BCUT2D eigenvalue weighted by Crippen LogP contribution is 2.35. The van der Waals surface area contributed by atoms with Crippen molar-refractivity contribution < 1.29 is 13.5 Å². The second kappa shape index (κ2) is 4.59. The first-order valence-corrected chi connectivity index (χ1v) is 6.50. The minimum absolute atomic E-state index is 0.200. The van der Waals surface area contributed by atoms with Gasteiger partial charge in [0.1, 0.15) is 11.6 Å². The Morgan fingerprint density at radius 3 is 2.83 bits per heavy atom. The molecule has 1 aromatic rings. The van der Waals surface area contributed by atoms with Gasteiger partial charge in [0.25, 0.3) is 0 Å². The maximum absolute atomic E-state index is 13.6. The van der Waals surface area contributed by atoms with Crippen LogP contribution in [0, 0.1) is 11.6 Å². The molecule has 2 fully saturated rings. The molecule has 0 radical (unpaired) electrons. The summed E-state index contributed by atoms with van der Waals surface area (Å²) in [6, 6.07) is 3.66. The van der Waals surface area contributed by atoms with E-state index in [-0.39, 0.29) is 24.0 Å². The summed E-state index contributed by atoms with van der Waals surface area (Å²) in [6.45, 7) is 1.86. The van der Waals surface area contributed by atoms with E-state index < -0.39 is 5.82 Å². The van der Waals surface area contributed by atoms with Crippen molar-refractivity contribution in [2.24, 2.45) is 0 Å². The number of ether oxygens (including phenoxy) is 1. The largest absolute Gasteiger partial charge is 0.373 e. The molecule has 18 heavy (non-hydrogen) atoms. The van der Waals surface area contributed by atoms with Gasteiger partial charge in [0.2, 0.25) is 0 Å². The highest BCUT2D eigenvalue weighted by Gasteiger charge is 2.41. The summed E-state index contributed by atoms with van der Waals surface area (Å²) in [5, 5.41) is 3.36. The Morgan fingerprint density at radius 1 is 1.33 bits per heavy atom. The van der Waals surface area contributed by atoms with Crippen LogP contribution in [0.25, 0.3) is 0 Å². The average molecular weight is 253 g/mol. The van der Waals surface area contributed by atoms with Gasteiger partial charge in [-0.1, -0.05) is 0 Å². The SMILES string of the molecule is CC(NC1CC2CCC1O2)c1cc(F)ccc1F. The molecule has 4 heteroatoms. The van der Waals surface area contributed by atoms with Crippen molar-refractivity contribution >= 4 is 0 Å². The van der Waals surface area contributed by atoms with Crippen LogP contribution in [0.4, 0.5) is 8.78 Å². The van der Waals surface area contributed by atoms with E-state index in [4.69, 9.17) is 4.74 Å². The molecule has 2 heterocycles. The molecule has 2 saturated heterocycles. The van der Waals surface area contributed by atoms with E-state index in [1.54, 1.807) is 0 Å². The Labute approximate surface area is 105 Å². The summed E-state index contributed by atoms with van der Waals surface area (Å²) in [6.07, 6.45) is 3.78. The van der Waals surface area contributed by atoms with Gasteiger partial charge < -0.3 is 10.1 Å². The fourth-order valence-electron chi connectivity index (χ4n) is 3.07. The first kappa shape index (κ1) is 12.1. The minimum atomic E-state index is -0.399. The summed E-state index contributed by atoms with van der Waals surface area (Å²) in [5.41, 5.74) is 0.387. The molecule has 2 aliphatic rings. The molecule has 2 nitrogen and oxygen atoms in total. The van der Waals surface area contributed by atoms with Crippen LogP contribution in [-0.2, 0) is 4.74 Å². The molecule has 1 aromatic carbocycles. The quantitative estimate of drug-likeness (QED) is 0.894. The van der Waals surface area contributed by atoms with E-state index in [1.165, 1.54) is 12.1 Å². The van der Waals surface area contributed by atoms with Gasteiger partial charge in [0.15, 0.2) is 0 Å². The lowest BCUT2D eigenvalue weighted by atomic mass is 9.94. The van der Waals surface area contributed by atoms with E-state index in [2.05, 4.69) is 5.32 Å². The third-order valence-corrected chi connectivity index (χ3v) is 3.99. The zero-order valence-electron chi connectivity index (χ0n) is 10.3. The van der Waals surface area contributed by atoms with Crippen LogP contribution in [0.3, 0.4) is 0 Å². The molecule has 0 amide bonds. The maximum atomic E-state index is 13.6. The highest BCUT2D eigenvalue weighted by molar-refractivity contribution is 5.22. The molecule has 1 N–H and O–H groups in total. The molecule has 4 unspecified atom stereocenters. The van der Waals surface area contributed by atoms with Gasteiger partial charge in [0, 0.05) is 17.6 Å². The van der Waals surface area contributed by atoms with E-state index in [9.17, 15) is 8.78 Å². The topological polar surface area (TPSA) is 21.3 Å². The summed E-state index contributed by atoms with van der Waals surface area (Å²) < 4.78 is 32.5. The summed E-state index contributed by atoms with van der Waals surface area (Å²) in [5.74, 6) is -0.760. The van der Waals surface area contributed by atoms with Gasteiger partial charge in [-0.25, -0.2) is 8.78 Å². The number of hydrogen-bond donors (Lipinski definition) is 1. The standard InChI is InChI=1S/C14H17F2NO/c1-8(11-6-9(15)2-4-12(11)16)17-13-7-10-3-5-14(13)18-10/h2,4,6,8,10,13-14,17H,3,5,7H2,1H3. The molecule has 2 bridgehead atoms. The van der Waals surface area contributed by atoms with Gasteiger partial charge in [-0.05, 0) is 44.4 Å². The molecule has 0 aromatic heterocycles. The molecular formula is C14H17F2NO. The molecule has 4 atom stereocenters. The second-order valence-corrected chi connectivity index (χ2v) is 5.27. The van der Waals surface area contributed by atoms with Crippen LogP contribution in [0.1, 0.15) is 37.8 Å². The smallest absolute Gasteiger partial charge is 0.128 e. The fourth-order valence-corrected chi connectivity index (χ4v) is 3.07. The molecule has 3 rings (SSSR count). The summed E-state index contributed by atoms with van der Waals surface area (Å²) >= 11 is 0. The first-order chi connectivity index (χ1) is 8.63. The zero-order chi connectivity index (χ0) is 12.7. The lowest BCUT2D eigenvalue weighted by molar-refractivity contribution is 0.0962. The molecule has 98 valence electrons. The third kappa shape index (κ3) is 2.15. The maximum Gasteiger partial charge on any atom is 0.128 e. The van der Waals surface area contributed by atoms with Crippen molar-refractivity contribution in [2.75, 3.05) is 0 Å². The lowest BCUT2D eigenvalue weighted by Crippen LogP contribution is -2.39. The van der Waals surface area contributed by atoms with Crippen molar-refractivity contribution in [1.82, 2.24) is 5.32 Å². The summed E-state index contributed by atoms with van der Waals surface area (Å²) in [4.78, 5) is 0.